The first kappa shape index (κ1) is 37.4. The second-order valence-electron chi connectivity index (χ2n) is 15.4. The summed E-state index contributed by atoms with van der Waals surface area (Å²) in [5.74, 6) is 5.74. The first-order valence-electron chi connectivity index (χ1n) is 19.0. The zero-order valence-corrected chi connectivity index (χ0v) is 34.6. The van der Waals surface area contributed by atoms with Gasteiger partial charge in [-0.3, -0.25) is 0 Å². The molecule has 0 radical (unpaired) electrons. The maximum Gasteiger partial charge on any atom is 0.154 e. The molecule has 6 aromatic carbocycles. The van der Waals surface area contributed by atoms with Gasteiger partial charge in [0.1, 0.15) is 0 Å². The van der Waals surface area contributed by atoms with Gasteiger partial charge in [-0.2, -0.15) is 0 Å². The predicted molar refractivity (Wildman–Crippen MR) is 230 cm³/mol. The summed E-state index contributed by atoms with van der Waals surface area (Å²) in [7, 11) is 6.28. The standard InChI is InChI=1S/2C17H19NO.C15H15NO/c1-10-6-14-16(8-12(10)3)19-17-9-13(4)11(2)7-15(17)18(14)5;1-10-6-8-14-16(12(10)3)19-17-13(4)11(2)7-9-15(17)18(14)5;1-10-4-6-12-14(8-10)17-15-9-11(2)5-7-13(15)16(12)3/h2*6-9H,1-5H3;4-9H,1-3H3. The second-order valence-corrected chi connectivity index (χ2v) is 15.4. The number of rotatable bonds is 0. The predicted octanol–water partition coefficient (Wildman–Crippen LogP) is 13.8. The Labute approximate surface area is 327 Å². The van der Waals surface area contributed by atoms with Gasteiger partial charge in [0.05, 0.1) is 34.1 Å². The van der Waals surface area contributed by atoms with Gasteiger partial charge in [-0.25, -0.2) is 0 Å². The van der Waals surface area contributed by atoms with Gasteiger partial charge >= 0.3 is 0 Å². The molecule has 0 saturated carbocycles. The number of nitrogens with zero attached hydrogens (tertiary/aromatic N) is 3. The minimum absolute atomic E-state index is 0.936. The Kier molecular flexibility index (Phi) is 9.81. The highest BCUT2D eigenvalue weighted by Crippen LogP contribution is 2.50. The Bertz CT molecular complexity index is 2310. The summed E-state index contributed by atoms with van der Waals surface area (Å²) in [6.45, 7) is 21.2. The van der Waals surface area contributed by atoms with Gasteiger partial charge in [0.15, 0.2) is 34.5 Å². The van der Waals surface area contributed by atoms with Crippen LogP contribution in [0.2, 0.25) is 0 Å². The highest BCUT2D eigenvalue weighted by atomic mass is 16.5. The van der Waals surface area contributed by atoms with Crippen LogP contribution in [0.15, 0.2) is 84.9 Å². The van der Waals surface area contributed by atoms with E-state index in [1.807, 2.05) is 0 Å². The molecule has 6 aromatic rings. The molecule has 0 amide bonds. The van der Waals surface area contributed by atoms with Crippen molar-refractivity contribution in [3.8, 4) is 34.5 Å². The van der Waals surface area contributed by atoms with Crippen LogP contribution < -0.4 is 28.9 Å². The summed E-state index contributed by atoms with van der Waals surface area (Å²) in [6.07, 6.45) is 0. The maximum absolute atomic E-state index is 6.23. The zero-order valence-electron chi connectivity index (χ0n) is 34.6. The van der Waals surface area contributed by atoms with Gasteiger partial charge < -0.3 is 28.9 Å². The van der Waals surface area contributed by atoms with Gasteiger partial charge in [-0.05, 0) is 186 Å². The summed E-state index contributed by atoms with van der Waals surface area (Å²) < 4.78 is 18.3. The van der Waals surface area contributed by atoms with Crippen molar-refractivity contribution in [1.29, 1.82) is 0 Å². The minimum Gasteiger partial charge on any atom is -0.453 e. The van der Waals surface area contributed by atoms with E-state index < -0.39 is 0 Å². The Balaban J connectivity index is 0.000000127. The molecule has 0 N–H and O–H groups in total. The lowest BCUT2D eigenvalue weighted by Gasteiger charge is -2.32. The molecule has 0 aliphatic carbocycles. The third-order valence-electron chi connectivity index (χ3n) is 11.5. The van der Waals surface area contributed by atoms with E-state index in [1.165, 1.54) is 55.6 Å². The highest BCUT2D eigenvalue weighted by Gasteiger charge is 2.26. The van der Waals surface area contributed by atoms with Crippen molar-refractivity contribution < 1.29 is 14.2 Å². The van der Waals surface area contributed by atoms with E-state index in [1.54, 1.807) is 0 Å². The summed E-state index contributed by atoms with van der Waals surface area (Å²) in [4.78, 5) is 6.60. The summed E-state index contributed by atoms with van der Waals surface area (Å²) in [6, 6.07) is 29.8. The fourth-order valence-corrected chi connectivity index (χ4v) is 7.26. The molecular formula is C49H53N3O3. The summed E-state index contributed by atoms with van der Waals surface area (Å²) in [5, 5.41) is 0. The molecular weight excluding hydrogens is 679 g/mol. The van der Waals surface area contributed by atoms with Gasteiger partial charge in [0.25, 0.3) is 0 Å². The van der Waals surface area contributed by atoms with Crippen LogP contribution in [0.4, 0.5) is 34.1 Å². The molecule has 0 aromatic heterocycles. The molecule has 282 valence electrons. The number of hydrogen-bond donors (Lipinski definition) is 0. The van der Waals surface area contributed by atoms with Crippen molar-refractivity contribution in [1.82, 2.24) is 0 Å². The fourth-order valence-electron chi connectivity index (χ4n) is 7.26. The molecule has 0 bridgehead atoms. The van der Waals surface area contributed by atoms with Crippen LogP contribution in [0.25, 0.3) is 0 Å². The number of anilines is 6. The Morgan fingerprint density at radius 2 is 0.636 bits per heavy atom. The first-order chi connectivity index (χ1) is 26.1. The molecule has 3 aliphatic heterocycles. The van der Waals surface area contributed by atoms with Crippen molar-refractivity contribution in [2.45, 2.75) is 69.2 Å². The van der Waals surface area contributed by atoms with Crippen LogP contribution in [0.3, 0.4) is 0 Å². The molecule has 0 atom stereocenters. The number of benzene rings is 6. The lowest BCUT2D eigenvalue weighted by Crippen LogP contribution is -2.17. The number of hydrogen-bond acceptors (Lipinski definition) is 6. The number of ether oxygens (including phenoxy) is 3. The summed E-state index contributed by atoms with van der Waals surface area (Å²) in [5.41, 5.74) is 19.3. The normalized spacial score (nSPS) is 12.8. The largest absolute Gasteiger partial charge is 0.453 e. The van der Waals surface area contributed by atoms with Crippen molar-refractivity contribution in [3.05, 3.63) is 141 Å². The van der Waals surface area contributed by atoms with Crippen LogP contribution in [0.1, 0.15) is 55.6 Å². The van der Waals surface area contributed by atoms with E-state index in [2.05, 4.69) is 190 Å². The number of fused-ring (bicyclic) bond motifs is 6. The monoisotopic (exact) mass is 731 g/mol. The lowest BCUT2D eigenvalue weighted by atomic mass is 10.0. The third kappa shape index (κ3) is 6.86. The maximum atomic E-state index is 6.23. The van der Waals surface area contributed by atoms with Gasteiger partial charge in [0, 0.05) is 21.1 Å². The van der Waals surface area contributed by atoms with E-state index >= 15 is 0 Å². The van der Waals surface area contributed by atoms with E-state index in [0.717, 1.165) is 68.6 Å². The van der Waals surface area contributed by atoms with Gasteiger partial charge in [-0.1, -0.05) is 24.3 Å². The molecule has 3 heterocycles. The zero-order chi connectivity index (χ0) is 39.5. The van der Waals surface area contributed by atoms with Crippen molar-refractivity contribution >= 4 is 34.1 Å². The molecule has 0 fully saturated rings. The van der Waals surface area contributed by atoms with E-state index in [0.29, 0.717) is 0 Å². The average Bonchev–Trinajstić information content (AvgIpc) is 3.14. The SMILES string of the molecule is Cc1cc2c(cc1C)N(C)c1cc(C)c(C)cc1O2.Cc1ccc2c(c1)Oc1cc(C)ccc1N2C.Cc1ccc2c(c1C)Oc1c(ccc(C)c1C)N2C. The molecule has 6 nitrogen and oxygen atoms in total. The molecule has 0 unspecified atom stereocenters. The molecule has 9 rings (SSSR count). The van der Waals surface area contributed by atoms with E-state index in [9.17, 15) is 0 Å². The van der Waals surface area contributed by atoms with E-state index in [4.69, 9.17) is 14.2 Å². The number of aryl methyl sites for hydroxylation is 8. The van der Waals surface area contributed by atoms with Gasteiger partial charge in [0.2, 0.25) is 0 Å². The minimum atomic E-state index is 0.936. The summed E-state index contributed by atoms with van der Waals surface area (Å²) >= 11 is 0. The topological polar surface area (TPSA) is 37.4 Å². The first-order valence-corrected chi connectivity index (χ1v) is 19.0. The molecule has 0 saturated heterocycles. The van der Waals surface area contributed by atoms with Crippen LogP contribution >= 0.6 is 0 Å². The Hall–Kier alpha value is -5.88. The molecule has 3 aliphatic rings. The molecule has 6 heteroatoms. The highest BCUT2D eigenvalue weighted by molar-refractivity contribution is 5.82. The van der Waals surface area contributed by atoms with Crippen molar-refractivity contribution in [2.75, 3.05) is 35.8 Å². The van der Waals surface area contributed by atoms with Crippen molar-refractivity contribution in [3.63, 3.8) is 0 Å². The molecule has 55 heavy (non-hydrogen) atoms. The lowest BCUT2D eigenvalue weighted by molar-refractivity contribution is 0.467. The average molecular weight is 732 g/mol. The third-order valence-corrected chi connectivity index (χ3v) is 11.5. The smallest absolute Gasteiger partial charge is 0.154 e. The molecule has 0 spiro atoms. The second kappa shape index (κ2) is 14.4. The Morgan fingerprint density at radius 3 is 1.05 bits per heavy atom. The quantitative estimate of drug-likeness (QED) is 0.155. The fraction of sp³-hybridized carbons (Fsp3) is 0.265. The van der Waals surface area contributed by atoms with E-state index in [-0.39, 0.29) is 0 Å². The van der Waals surface area contributed by atoms with Crippen LogP contribution in [0, 0.1) is 69.2 Å². The van der Waals surface area contributed by atoms with Crippen molar-refractivity contribution in [2.24, 2.45) is 0 Å². The van der Waals surface area contributed by atoms with Crippen LogP contribution in [-0.4, -0.2) is 21.1 Å². The Morgan fingerprint density at radius 1 is 0.309 bits per heavy atom. The van der Waals surface area contributed by atoms with Crippen LogP contribution in [-0.2, 0) is 0 Å². The van der Waals surface area contributed by atoms with Gasteiger partial charge in [-0.15, -0.1) is 0 Å². The van der Waals surface area contributed by atoms with Crippen LogP contribution in [0.5, 0.6) is 34.5 Å².